The maximum atomic E-state index is 10.9. The summed E-state index contributed by atoms with van der Waals surface area (Å²) in [5.74, 6) is -0.358. The average Bonchev–Trinajstić information content (AvgIpc) is 2.59. The van der Waals surface area contributed by atoms with Crippen molar-refractivity contribution in [3.05, 3.63) is 24.3 Å². The summed E-state index contributed by atoms with van der Waals surface area (Å²) in [6, 6.07) is 0. The summed E-state index contributed by atoms with van der Waals surface area (Å²) in [7, 11) is 3.66. The first-order valence-corrected chi connectivity index (χ1v) is 4.34. The summed E-state index contributed by atoms with van der Waals surface area (Å²) in [5, 5.41) is 8.91. The van der Waals surface area contributed by atoms with Crippen molar-refractivity contribution < 1.29 is 9.90 Å². The minimum absolute atomic E-state index is 0.135. The monoisotopic (exact) mass is 206 g/mol. The van der Waals surface area contributed by atoms with Gasteiger partial charge in [0.2, 0.25) is 0 Å². The van der Waals surface area contributed by atoms with Crippen LogP contribution in [0.15, 0.2) is 18.6 Å². The van der Waals surface area contributed by atoms with Crippen molar-refractivity contribution in [3.63, 3.8) is 0 Å². The average molecular weight is 206 g/mol. The molecule has 0 bridgehead atoms. The molecular formula is C9H10N4O2. The van der Waals surface area contributed by atoms with Gasteiger partial charge in [-0.15, -0.1) is 0 Å². The molecule has 0 saturated carbocycles. The number of aromatic carboxylic acids is 1. The Bertz CT molecular complexity index is 518. The van der Waals surface area contributed by atoms with Crippen LogP contribution in [0.4, 0.5) is 5.82 Å². The lowest BCUT2D eigenvalue weighted by molar-refractivity contribution is 0.0689. The van der Waals surface area contributed by atoms with Gasteiger partial charge in [-0.05, 0) is 0 Å². The van der Waals surface area contributed by atoms with Gasteiger partial charge < -0.3 is 10.0 Å². The van der Waals surface area contributed by atoms with Crippen LogP contribution in [0.2, 0.25) is 0 Å². The second-order valence-electron chi connectivity index (χ2n) is 3.29. The number of fused-ring (bicyclic) bond motifs is 1. The van der Waals surface area contributed by atoms with Crippen LogP contribution in [-0.4, -0.2) is 39.5 Å². The number of nitrogens with zero attached hydrogens (tertiary/aromatic N) is 4. The summed E-state index contributed by atoms with van der Waals surface area (Å²) in [6.45, 7) is 0. The van der Waals surface area contributed by atoms with Crippen LogP contribution in [-0.2, 0) is 0 Å². The molecule has 6 heteroatoms. The van der Waals surface area contributed by atoms with E-state index in [2.05, 4.69) is 9.97 Å². The Morgan fingerprint density at radius 2 is 2.20 bits per heavy atom. The zero-order valence-corrected chi connectivity index (χ0v) is 8.38. The Kier molecular flexibility index (Phi) is 2.03. The number of hydrogen-bond acceptors (Lipinski definition) is 4. The SMILES string of the molecule is CN(C)c1nccn2c(C(=O)O)cnc12. The summed E-state index contributed by atoms with van der Waals surface area (Å²) in [4.78, 5) is 20.8. The van der Waals surface area contributed by atoms with Gasteiger partial charge in [-0.25, -0.2) is 14.8 Å². The van der Waals surface area contributed by atoms with Gasteiger partial charge >= 0.3 is 5.97 Å². The molecule has 6 nitrogen and oxygen atoms in total. The van der Waals surface area contributed by atoms with E-state index in [4.69, 9.17) is 5.11 Å². The number of hydrogen-bond donors (Lipinski definition) is 1. The van der Waals surface area contributed by atoms with Gasteiger partial charge in [-0.3, -0.25) is 4.40 Å². The second kappa shape index (κ2) is 3.23. The van der Waals surface area contributed by atoms with Crippen LogP contribution in [0.3, 0.4) is 0 Å². The molecule has 0 aliphatic rings. The number of aromatic nitrogens is 3. The minimum atomic E-state index is -1.00. The molecule has 15 heavy (non-hydrogen) atoms. The molecule has 0 amide bonds. The highest BCUT2D eigenvalue weighted by atomic mass is 16.4. The number of anilines is 1. The first kappa shape index (κ1) is 9.45. The van der Waals surface area contributed by atoms with Gasteiger partial charge in [0.15, 0.2) is 17.2 Å². The number of carboxylic acids is 1. The van der Waals surface area contributed by atoms with Gasteiger partial charge in [0.25, 0.3) is 0 Å². The Morgan fingerprint density at radius 3 is 2.80 bits per heavy atom. The molecule has 0 aromatic carbocycles. The fourth-order valence-corrected chi connectivity index (χ4v) is 1.38. The maximum Gasteiger partial charge on any atom is 0.354 e. The predicted molar refractivity (Wildman–Crippen MR) is 54.3 cm³/mol. The number of carbonyl (C=O) groups is 1. The van der Waals surface area contributed by atoms with Gasteiger partial charge in [0, 0.05) is 26.5 Å². The fraction of sp³-hybridized carbons (Fsp3) is 0.222. The van der Waals surface area contributed by atoms with Gasteiger partial charge in [-0.2, -0.15) is 0 Å². The zero-order chi connectivity index (χ0) is 11.0. The van der Waals surface area contributed by atoms with E-state index in [9.17, 15) is 4.79 Å². The molecule has 0 spiro atoms. The van der Waals surface area contributed by atoms with Crippen molar-refractivity contribution in [1.29, 1.82) is 0 Å². The second-order valence-corrected chi connectivity index (χ2v) is 3.29. The van der Waals surface area contributed by atoms with Crippen molar-refractivity contribution >= 4 is 17.4 Å². The van der Waals surface area contributed by atoms with Crippen LogP contribution in [0.5, 0.6) is 0 Å². The highest BCUT2D eigenvalue weighted by molar-refractivity contribution is 5.87. The van der Waals surface area contributed by atoms with Crippen LogP contribution < -0.4 is 4.90 Å². The quantitative estimate of drug-likeness (QED) is 0.774. The Labute approximate surface area is 85.8 Å². The molecule has 2 heterocycles. The first-order chi connectivity index (χ1) is 7.11. The van der Waals surface area contributed by atoms with Crippen molar-refractivity contribution in [3.8, 4) is 0 Å². The minimum Gasteiger partial charge on any atom is -0.477 e. The van der Waals surface area contributed by atoms with Crippen LogP contribution in [0.1, 0.15) is 10.5 Å². The Hall–Kier alpha value is -2.11. The van der Waals surface area contributed by atoms with Crippen LogP contribution >= 0.6 is 0 Å². The van der Waals surface area contributed by atoms with Crippen molar-refractivity contribution in [1.82, 2.24) is 14.4 Å². The molecule has 2 rings (SSSR count). The normalized spacial score (nSPS) is 10.5. The molecule has 0 atom stereocenters. The maximum absolute atomic E-state index is 10.9. The Balaban J connectivity index is 2.74. The molecule has 0 saturated heterocycles. The molecule has 0 fully saturated rings. The third-order valence-corrected chi connectivity index (χ3v) is 2.05. The molecule has 2 aromatic heterocycles. The van der Waals surface area contributed by atoms with E-state index in [-0.39, 0.29) is 5.69 Å². The smallest absolute Gasteiger partial charge is 0.354 e. The molecular weight excluding hydrogens is 196 g/mol. The van der Waals surface area contributed by atoms with Gasteiger partial charge in [0.05, 0.1) is 6.20 Å². The lowest BCUT2D eigenvalue weighted by Gasteiger charge is -2.11. The molecule has 0 radical (unpaired) electrons. The molecule has 0 aliphatic heterocycles. The van der Waals surface area contributed by atoms with E-state index in [1.54, 1.807) is 17.3 Å². The molecule has 1 N–H and O–H groups in total. The molecule has 0 unspecified atom stereocenters. The third-order valence-electron chi connectivity index (χ3n) is 2.05. The van der Waals surface area contributed by atoms with Gasteiger partial charge in [-0.1, -0.05) is 0 Å². The Morgan fingerprint density at radius 1 is 1.47 bits per heavy atom. The summed E-state index contributed by atoms with van der Waals surface area (Å²) < 4.78 is 1.50. The lowest BCUT2D eigenvalue weighted by Crippen LogP contribution is -2.12. The van der Waals surface area contributed by atoms with E-state index >= 15 is 0 Å². The van der Waals surface area contributed by atoms with Crippen LogP contribution in [0.25, 0.3) is 5.65 Å². The molecule has 2 aromatic rings. The van der Waals surface area contributed by atoms with Crippen molar-refractivity contribution in [2.24, 2.45) is 0 Å². The summed E-state index contributed by atoms with van der Waals surface area (Å²) in [6.07, 6.45) is 4.46. The number of carboxylic acid groups (broad SMARTS) is 1. The number of rotatable bonds is 2. The lowest BCUT2D eigenvalue weighted by atomic mass is 10.5. The summed E-state index contributed by atoms with van der Waals surface area (Å²) >= 11 is 0. The zero-order valence-electron chi connectivity index (χ0n) is 8.38. The third kappa shape index (κ3) is 1.39. The predicted octanol–water partition coefficient (Wildman–Crippen LogP) is 0.493. The van der Waals surface area contributed by atoms with E-state index in [1.807, 2.05) is 14.1 Å². The number of imidazole rings is 1. The van der Waals surface area contributed by atoms with E-state index < -0.39 is 5.97 Å². The van der Waals surface area contributed by atoms with Gasteiger partial charge in [0.1, 0.15) is 0 Å². The van der Waals surface area contributed by atoms with E-state index in [0.717, 1.165) is 0 Å². The molecule has 78 valence electrons. The largest absolute Gasteiger partial charge is 0.477 e. The van der Waals surface area contributed by atoms with E-state index in [1.165, 1.54) is 10.6 Å². The molecule has 0 aliphatic carbocycles. The highest BCUT2D eigenvalue weighted by Gasteiger charge is 2.13. The van der Waals surface area contributed by atoms with Crippen molar-refractivity contribution in [2.45, 2.75) is 0 Å². The highest BCUT2D eigenvalue weighted by Crippen LogP contribution is 2.16. The van der Waals surface area contributed by atoms with E-state index in [0.29, 0.717) is 11.5 Å². The topological polar surface area (TPSA) is 70.7 Å². The fourth-order valence-electron chi connectivity index (χ4n) is 1.38. The van der Waals surface area contributed by atoms with Crippen LogP contribution in [0, 0.1) is 0 Å². The van der Waals surface area contributed by atoms with Crippen molar-refractivity contribution in [2.75, 3.05) is 19.0 Å². The first-order valence-electron chi connectivity index (χ1n) is 4.34. The standard InChI is InChI=1S/C9H10N4O2/c1-12(2)7-8-11-5-6(9(14)15)13(8)4-3-10-7/h3-5H,1-2H3,(H,14,15). The summed E-state index contributed by atoms with van der Waals surface area (Å²) in [5.41, 5.74) is 0.676.